The van der Waals surface area contributed by atoms with Crippen LogP contribution in [0.5, 0.6) is 5.75 Å². The Hall–Kier alpha value is -4.00. The Morgan fingerprint density at radius 3 is 2.47 bits per heavy atom. The van der Waals surface area contributed by atoms with Crippen LogP contribution in [-0.4, -0.2) is 20.0 Å². The fourth-order valence-electron chi connectivity index (χ4n) is 3.50. The van der Waals surface area contributed by atoms with Gasteiger partial charge in [-0.25, -0.2) is 4.98 Å². The van der Waals surface area contributed by atoms with Gasteiger partial charge in [0.2, 0.25) is 0 Å². The summed E-state index contributed by atoms with van der Waals surface area (Å²) in [5.41, 5.74) is 4.40. The van der Waals surface area contributed by atoms with Gasteiger partial charge >= 0.3 is 0 Å². The van der Waals surface area contributed by atoms with Gasteiger partial charge in [-0.05, 0) is 49.2 Å². The number of rotatable bonds is 5. The van der Waals surface area contributed by atoms with Gasteiger partial charge in [0.25, 0.3) is 5.69 Å². The van der Waals surface area contributed by atoms with Crippen molar-refractivity contribution in [2.45, 2.75) is 19.9 Å². The van der Waals surface area contributed by atoms with Gasteiger partial charge in [-0.15, -0.1) is 0 Å². The van der Waals surface area contributed by atoms with Crippen LogP contribution in [0, 0.1) is 24.0 Å². The van der Waals surface area contributed by atoms with E-state index in [2.05, 4.69) is 15.3 Å². The van der Waals surface area contributed by atoms with Gasteiger partial charge in [-0.2, -0.15) is 0 Å². The molecule has 4 rings (SSSR count). The lowest BCUT2D eigenvalue weighted by Gasteiger charge is -2.23. The molecular weight excluding hydrogens is 380 g/mol. The Kier molecular flexibility index (Phi) is 5.02. The SMILES string of the molecule is Cc1ccc2ccc(C(Nc3ccc([N+](=O)[O-])cc3C)c3ccncc3)c(O)c2n1. The van der Waals surface area contributed by atoms with Crippen molar-refractivity contribution < 1.29 is 10.0 Å². The zero-order valence-corrected chi connectivity index (χ0v) is 16.5. The monoisotopic (exact) mass is 400 g/mol. The van der Waals surface area contributed by atoms with Crippen molar-refractivity contribution >= 4 is 22.3 Å². The van der Waals surface area contributed by atoms with Crippen LogP contribution in [0.25, 0.3) is 10.9 Å². The second-order valence-corrected chi connectivity index (χ2v) is 7.14. The third-order valence-electron chi connectivity index (χ3n) is 5.08. The number of phenolic OH excluding ortho intramolecular Hbond substituents is 1. The summed E-state index contributed by atoms with van der Waals surface area (Å²) >= 11 is 0. The number of aryl methyl sites for hydroxylation is 2. The van der Waals surface area contributed by atoms with Crippen molar-refractivity contribution in [3.63, 3.8) is 0 Å². The Morgan fingerprint density at radius 1 is 1.03 bits per heavy atom. The van der Waals surface area contributed by atoms with Crippen molar-refractivity contribution in [1.29, 1.82) is 0 Å². The quantitative estimate of drug-likeness (QED) is 0.359. The van der Waals surface area contributed by atoms with Crippen LogP contribution in [0.15, 0.2) is 67.0 Å². The summed E-state index contributed by atoms with van der Waals surface area (Å²) in [7, 11) is 0. The van der Waals surface area contributed by atoms with Crippen LogP contribution in [0.3, 0.4) is 0 Å². The molecule has 0 fully saturated rings. The molecule has 4 aromatic rings. The summed E-state index contributed by atoms with van der Waals surface area (Å²) in [6.45, 7) is 3.69. The molecule has 0 saturated heterocycles. The lowest BCUT2D eigenvalue weighted by Crippen LogP contribution is -2.14. The number of nitro benzene ring substituents is 1. The molecule has 7 nitrogen and oxygen atoms in total. The zero-order chi connectivity index (χ0) is 21.3. The van der Waals surface area contributed by atoms with E-state index in [9.17, 15) is 15.2 Å². The molecular formula is C23H20N4O3. The summed E-state index contributed by atoms with van der Waals surface area (Å²) in [5.74, 6) is 0.102. The lowest BCUT2D eigenvalue weighted by molar-refractivity contribution is -0.384. The first-order chi connectivity index (χ1) is 14.4. The molecule has 2 N–H and O–H groups in total. The van der Waals surface area contributed by atoms with E-state index in [1.807, 2.05) is 50.2 Å². The number of anilines is 1. The first-order valence-electron chi connectivity index (χ1n) is 9.45. The minimum absolute atomic E-state index is 0.0340. The van der Waals surface area contributed by atoms with Gasteiger partial charge in [-0.3, -0.25) is 15.1 Å². The minimum Gasteiger partial charge on any atom is -0.505 e. The van der Waals surface area contributed by atoms with Gasteiger partial charge < -0.3 is 10.4 Å². The van der Waals surface area contributed by atoms with Gasteiger partial charge in [0.15, 0.2) is 0 Å². The Bertz CT molecular complexity index is 1240. The van der Waals surface area contributed by atoms with Crippen molar-refractivity contribution in [1.82, 2.24) is 9.97 Å². The minimum atomic E-state index is -0.416. The second kappa shape index (κ2) is 7.79. The Morgan fingerprint density at radius 2 is 1.77 bits per heavy atom. The molecule has 0 radical (unpaired) electrons. The Balaban J connectivity index is 1.83. The van der Waals surface area contributed by atoms with E-state index < -0.39 is 11.0 Å². The molecule has 0 aliphatic heterocycles. The fraction of sp³-hybridized carbons (Fsp3) is 0.130. The fourth-order valence-corrected chi connectivity index (χ4v) is 3.50. The highest BCUT2D eigenvalue weighted by Crippen LogP contribution is 2.37. The average Bonchev–Trinajstić information content (AvgIpc) is 2.74. The number of hydrogen-bond donors (Lipinski definition) is 2. The highest BCUT2D eigenvalue weighted by atomic mass is 16.6. The van der Waals surface area contributed by atoms with Gasteiger partial charge in [0.1, 0.15) is 11.3 Å². The third-order valence-corrected chi connectivity index (χ3v) is 5.08. The number of non-ortho nitro benzene ring substituents is 1. The first-order valence-corrected chi connectivity index (χ1v) is 9.45. The molecule has 0 amide bonds. The number of fused-ring (bicyclic) bond motifs is 1. The average molecular weight is 400 g/mol. The van der Waals surface area contributed by atoms with E-state index in [-0.39, 0.29) is 11.4 Å². The van der Waals surface area contributed by atoms with Gasteiger partial charge in [0, 0.05) is 46.9 Å². The number of nitrogens with one attached hydrogen (secondary N) is 1. The summed E-state index contributed by atoms with van der Waals surface area (Å²) in [5, 5.41) is 26.4. The highest BCUT2D eigenvalue weighted by molar-refractivity contribution is 5.86. The molecule has 0 bridgehead atoms. The van der Waals surface area contributed by atoms with Crippen LogP contribution in [-0.2, 0) is 0 Å². The smallest absolute Gasteiger partial charge is 0.269 e. The normalized spacial score (nSPS) is 11.9. The van der Waals surface area contributed by atoms with Crippen LogP contribution in [0.2, 0.25) is 0 Å². The first kappa shape index (κ1) is 19.3. The van der Waals surface area contributed by atoms with E-state index >= 15 is 0 Å². The van der Waals surface area contributed by atoms with E-state index in [1.54, 1.807) is 18.5 Å². The molecule has 30 heavy (non-hydrogen) atoms. The predicted octanol–water partition coefficient (Wildman–Crippen LogP) is 5.06. The highest BCUT2D eigenvalue weighted by Gasteiger charge is 2.21. The molecule has 2 heterocycles. The molecule has 2 aromatic carbocycles. The number of aromatic hydroxyl groups is 1. The largest absolute Gasteiger partial charge is 0.505 e. The molecule has 1 atom stereocenters. The van der Waals surface area contributed by atoms with Crippen molar-refractivity contribution in [2.24, 2.45) is 0 Å². The topological polar surface area (TPSA) is 101 Å². The van der Waals surface area contributed by atoms with Gasteiger partial charge in [-0.1, -0.05) is 18.2 Å². The van der Waals surface area contributed by atoms with Crippen LogP contribution in [0.1, 0.15) is 28.4 Å². The molecule has 0 aliphatic rings. The second-order valence-electron chi connectivity index (χ2n) is 7.14. The van der Waals surface area contributed by atoms with Crippen molar-refractivity contribution in [3.8, 4) is 5.75 Å². The van der Waals surface area contributed by atoms with E-state index in [4.69, 9.17) is 0 Å². The molecule has 2 aromatic heterocycles. The summed E-state index contributed by atoms with van der Waals surface area (Å²) in [6, 6.07) is 15.6. The molecule has 0 aliphatic carbocycles. The summed E-state index contributed by atoms with van der Waals surface area (Å²) in [4.78, 5) is 19.2. The summed E-state index contributed by atoms with van der Waals surface area (Å²) < 4.78 is 0. The van der Waals surface area contributed by atoms with Crippen molar-refractivity contribution in [2.75, 3.05) is 5.32 Å². The molecule has 0 spiro atoms. The number of hydrogen-bond acceptors (Lipinski definition) is 6. The maximum Gasteiger partial charge on any atom is 0.269 e. The van der Waals surface area contributed by atoms with Gasteiger partial charge in [0.05, 0.1) is 11.0 Å². The van der Waals surface area contributed by atoms with E-state index in [0.717, 1.165) is 27.9 Å². The predicted molar refractivity (Wildman–Crippen MR) is 116 cm³/mol. The zero-order valence-electron chi connectivity index (χ0n) is 16.5. The number of nitrogens with zero attached hydrogens (tertiary/aromatic N) is 3. The summed E-state index contributed by atoms with van der Waals surface area (Å²) in [6.07, 6.45) is 3.38. The molecule has 1 unspecified atom stereocenters. The van der Waals surface area contributed by atoms with Crippen LogP contribution in [0.4, 0.5) is 11.4 Å². The van der Waals surface area contributed by atoms with Crippen LogP contribution < -0.4 is 5.32 Å². The number of pyridine rings is 2. The third kappa shape index (κ3) is 3.65. The molecule has 150 valence electrons. The number of nitro groups is 1. The number of benzene rings is 2. The number of aromatic nitrogens is 2. The number of phenols is 1. The Labute approximate surface area is 173 Å². The van der Waals surface area contributed by atoms with E-state index in [0.29, 0.717) is 11.1 Å². The molecule has 0 saturated carbocycles. The standard InChI is InChI=1S/C23H20N4O3/c1-14-13-18(27(29)30)6-8-20(14)26-21(17-9-11-24-12-10-17)19-7-5-16-4-3-15(2)25-22(16)23(19)28/h3-13,21,26,28H,1-2H3. The van der Waals surface area contributed by atoms with E-state index in [1.165, 1.54) is 12.1 Å². The maximum atomic E-state index is 11.1. The lowest BCUT2D eigenvalue weighted by atomic mass is 9.96. The van der Waals surface area contributed by atoms with Crippen LogP contribution >= 0.6 is 0 Å². The van der Waals surface area contributed by atoms with Crippen molar-refractivity contribution in [3.05, 3.63) is 99.5 Å². The molecule has 7 heteroatoms. The maximum absolute atomic E-state index is 11.1.